The number of rotatable bonds is 2. The van der Waals surface area contributed by atoms with Crippen molar-refractivity contribution < 1.29 is 0 Å². The molecule has 0 unspecified atom stereocenters. The van der Waals surface area contributed by atoms with Crippen molar-refractivity contribution in [2.45, 2.75) is 0 Å². The molecule has 23 heavy (non-hydrogen) atoms. The maximum atomic E-state index is 3.57. The first-order valence-corrected chi connectivity index (χ1v) is 7.80. The first-order chi connectivity index (χ1) is 11.4. The Balaban J connectivity index is 1.84. The van der Waals surface area contributed by atoms with E-state index in [2.05, 4.69) is 96.4 Å². The van der Waals surface area contributed by atoms with E-state index in [-0.39, 0.29) is 0 Å². The number of benzene rings is 2. The van der Waals surface area contributed by atoms with Crippen LogP contribution in [-0.2, 0) is 0 Å². The molecule has 1 nitrogen and oxygen atoms in total. The van der Waals surface area contributed by atoms with Gasteiger partial charge in [-0.05, 0) is 34.4 Å². The second-order valence-corrected chi connectivity index (χ2v) is 5.60. The first kappa shape index (κ1) is 13.6. The minimum atomic E-state index is 1.13. The molecule has 0 saturated heterocycles. The van der Waals surface area contributed by atoms with Crippen LogP contribution in [0.2, 0.25) is 0 Å². The zero-order valence-corrected chi connectivity index (χ0v) is 12.7. The van der Waals surface area contributed by atoms with Crippen molar-refractivity contribution >= 4 is 11.3 Å². The van der Waals surface area contributed by atoms with Crippen LogP contribution in [0, 0.1) is 0 Å². The molecule has 1 heteroatoms. The lowest BCUT2D eigenvalue weighted by molar-refractivity contribution is 1.11. The largest absolute Gasteiger partial charge is 0.355 e. The van der Waals surface area contributed by atoms with Gasteiger partial charge in [-0.3, -0.25) is 0 Å². The number of hydrogen-bond acceptors (Lipinski definition) is 1. The summed E-state index contributed by atoms with van der Waals surface area (Å²) in [4.78, 5) is 0. The van der Waals surface area contributed by atoms with Crippen molar-refractivity contribution in [1.29, 1.82) is 0 Å². The lowest BCUT2D eigenvalue weighted by Crippen LogP contribution is -2.15. The van der Waals surface area contributed by atoms with E-state index in [0.29, 0.717) is 0 Å². The topological polar surface area (TPSA) is 12.0 Å². The molecule has 2 aromatic rings. The van der Waals surface area contributed by atoms with Crippen LogP contribution >= 0.6 is 0 Å². The molecule has 1 aliphatic carbocycles. The molecule has 0 amide bonds. The standard InChI is InChI=1S/C22H17N/c1-3-9-17(10-4-1)20-15-21(18-11-5-2-6-12-18)23-22(16-20)19-13-7-8-14-19/h1-16,23H. The summed E-state index contributed by atoms with van der Waals surface area (Å²) >= 11 is 0. The fourth-order valence-corrected chi connectivity index (χ4v) is 2.85. The average molecular weight is 295 g/mol. The van der Waals surface area contributed by atoms with Gasteiger partial charge in [-0.25, -0.2) is 0 Å². The van der Waals surface area contributed by atoms with Crippen molar-refractivity contribution in [2.75, 3.05) is 0 Å². The molecule has 0 atom stereocenters. The van der Waals surface area contributed by atoms with Gasteiger partial charge in [-0.1, -0.05) is 85.0 Å². The fourth-order valence-electron chi connectivity index (χ4n) is 2.85. The molecule has 1 heterocycles. The predicted octanol–water partition coefficient (Wildman–Crippen LogP) is 5.09. The molecule has 0 fully saturated rings. The van der Waals surface area contributed by atoms with Gasteiger partial charge in [0.1, 0.15) is 0 Å². The van der Waals surface area contributed by atoms with Crippen LogP contribution < -0.4 is 5.32 Å². The zero-order valence-electron chi connectivity index (χ0n) is 12.7. The highest BCUT2D eigenvalue weighted by molar-refractivity contribution is 5.88. The Labute approximate surface area is 136 Å². The average Bonchev–Trinajstić information content (AvgIpc) is 3.18. The van der Waals surface area contributed by atoms with Crippen LogP contribution in [0.1, 0.15) is 11.1 Å². The SMILES string of the molecule is C1=CC(=C2C=C(c3ccccc3)C=C(c3ccccc3)N2)C=C1. The summed E-state index contributed by atoms with van der Waals surface area (Å²) in [6, 6.07) is 21.0. The van der Waals surface area contributed by atoms with Crippen LogP contribution in [0.3, 0.4) is 0 Å². The van der Waals surface area contributed by atoms with E-state index in [0.717, 1.165) is 11.4 Å². The minimum absolute atomic E-state index is 1.13. The summed E-state index contributed by atoms with van der Waals surface area (Å²) in [5.74, 6) is 0. The highest BCUT2D eigenvalue weighted by Crippen LogP contribution is 2.29. The molecule has 1 N–H and O–H groups in total. The normalized spacial score (nSPS) is 16.2. The highest BCUT2D eigenvalue weighted by atomic mass is 14.9. The molecule has 0 aromatic heterocycles. The van der Waals surface area contributed by atoms with Crippen molar-refractivity contribution in [3.05, 3.63) is 120 Å². The van der Waals surface area contributed by atoms with Gasteiger partial charge in [0.15, 0.2) is 0 Å². The second-order valence-electron chi connectivity index (χ2n) is 5.60. The number of nitrogens with one attached hydrogen (secondary N) is 1. The Hall–Kier alpha value is -3.06. The number of dihydropyridines is 1. The summed E-state index contributed by atoms with van der Waals surface area (Å²) in [6.45, 7) is 0. The molecular formula is C22H17N. The molecule has 2 aliphatic rings. The maximum absolute atomic E-state index is 3.57. The Bertz CT molecular complexity index is 849. The second kappa shape index (κ2) is 5.98. The van der Waals surface area contributed by atoms with Gasteiger partial charge >= 0.3 is 0 Å². The Kier molecular flexibility index (Phi) is 3.53. The van der Waals surface area contributed by atoms with Crippen molar-refractivity contribution in [2.24, 2.45) is 0 Å². The molecule has 0 radical (unpaired) electrons. The quantitative estimate of drug-likeness (QED) is 0.813. The van der Waals surface area contributed by atoms with Gasteiger partial charge in [-0.15, -0.1) is 0 Å². The van der Waals surface area contributed by atoms with Crippen LogP contribution in [-0.4, -0.2) is 0 Å². The van der Waals surface area contributed by atoms with E-state index < -0.39 is 0 Å². The summed E-state index contributed by atoms with van der Waals surface area (Å²) < 4.78 is 0. The van der Waals surface area contributed by atoms with E-state index in [1.54, 1.807) is 0 Å². The third-order valence-electron chi connectivity index (χ3n) is 4.03. The minimum Gasteiger partial charge on any atom is -0.355 e. The Morgan fingerprint density at radius 1 is 0.609 bits per heavy atom. The zero-order chi connectivity index (χ0) is 15.5. The van der Waals surface area contributed by atoms with Gasteiger partial charge in [-0.2, -0.15) is 0 Å². The molecule has 0 bridgehead atoms. The lowest BCUT2D eigenvalue weighted by Gasteiger charge is -2.20. The number of hydrogen-bond donors (Lipinski definition) is 1. The molecule has 4 rings (SSSR count). The summed E-state index contributed by atoms with van der Waals surface area (Å²) in [6.07, 6.45) is 12.8. The Morgan fingerprint density at radius 2 is 1.22 bits per heavy atom. The summed E-state index contributed by atoms with van der Waals surface area (Å²) in [7, 11) is 0. The molecule has 110 valence electrons. The lowest BCUT2D eigenvalue weighted by atomic mass is 9.97. The van der Waals surface area contributed by atoms with Crippen molar-refractivity contribution in [3.8, 4) is 0 Å². The van der Waals surface area contributed by atoms with Gasteiger partial charge in [0, 0.05) is 11.4 Å². The van der Waals surface area contributed by atoms with Gasteiger partial charge < -0.3 is 5.32 Å². The fraction of sp³-hybridized carbons (Fsp3) is 0. The van der Waals surface area contributed by atoms with E-state index in [9.17, 15) is 0 Å². The highest BCUT2D eigenvalue weighted by Gasteiger charge is 2.14. The molecule has 1 aliphatic heterocycles. The maximum Gasteiger partial charge on any atom is 0.0464 e. The number of allylic oxidation sites excluding steroid dienone is 8. The predicted molar refractivity (Wildman–Crippen MR) is 97.3 cm³/mol. The molecule has 0 spiro atoms. The van der Waals surface area contributed by atoms with Gasteiger partial charge in [0.05, 0.1) is 0 Å². The van der Waals surface area contributed by atoms with Crippen molar-refractivity contribution in [3.63, 3.8) is 0 Å². The van der Waals surface area contributed by atoms with E-state index >= 15 is 0 Å². The smallest absolute Gasteiger partial charge is 0.0464 e. The third kappa shape index (κ3) is 2.82. The van der Waals surface area contributed by atoms with Crippen LogP contribution in [0.25, 0.3) is 11.3 Å². The van der Waals surface area contributed by atoms with Crippen LogP contribution in [0.15, 0.2) is 108 Å². The van der Waals surface area contributed by atoms with Crippen LogP contribution in [0.5, 0.6) is 0 Å². The summed E-state index contributed by atoms with van der Waals surface area (Å²) in [5.41, 5.74) is 7.11. The van der Waals surface area contributed by atoms with Gasteiger partial charge in [0.25, 0.3) is 0 Å². The monoisotopic (exact) mass is 295 g/mol. The Morgan fingerprint density at radius 3 is 1.87 bits per heavy atom. The van der Waals surface area contributed by atoms with E-state index in [1.165, 1.54) is 22.3 Å². The van der Waals surface area contributed by atoms with Gasteiger partial charge in [0.2, 0.25) is 0 Å². The van der Waals surface area contributed by atoms with Crippen LogP contribution in [0.4, 0.5) is 0 Å². The van der Waals surface area contributed by atoms with E-state index in [4.69, 9.17) is 0 Å². The molecule has 0 saturated carbocycles. The molecule has 2 aromatic carbocycles. The first-order valence-electron chi connectivity index (χ1n) is 7.80. The van der Waals surface area contributed by atoms with Crippen molar-refractivity contribution in [1.82, 2.24) is 5.32 Å². The molecular weight excluding hydrogens is 278 g/mol. The third-order valence-corrected chi connectivity index (χ3v) is 4.03. The van der Waals surface area contributed by atoms with E-state index in [1.807, 2.05) is 6.07 Å². The summed E-state index contributed by atoms with van der Waals surface area (Å²) in [5, 5.41) is 3.57.